The predicted octanol–water partition coefficient (Wildman–Crippen LogP) is 3.39. The molecule has 1 fully saturated rings. The number of para-hydroxylation sites is 1. The Labute approximate surface area is 117 Å². The molecule has 2 aromatic rings. The summed E-state index contributed by atoms with van der Waals surface area (Å²) in [6.45, 7) is 1.89. The lowest BCUT2D eigenvalue weighted by Crippen LogP contribution is -2.27. The van der Waals surface area contributed by atoms with Crippen molar-refractivity contribution in [1.82, 2.24) is 4.90 Å². The zero-order valence-electron chi connectivity index (χ0n) is 11.0. The molecule has 2 heterocycles. The lowest BCUT2D eigenvalue weighted by atomic mass is 9.92. The van der Waals surface area contributed by atoms with Crippen LogP contribution in [0.15, 0.2) is 28.7 Å². The Morgan fingerprint density at radius 3 is 2.95 bits per heavy atom. The largest absolute Gasteiger partial charge is 0.456 e. The number of nitrogens with zero attached hydrogens (tertiary/aromatic N) is 1. The van der Waals surface area contributed by atoms with E-state index in [1.54, 1.807) is 0 Å². The van der Waals surface area contributed by atoms with Crippen LogP contribution in [0.2, 0.25) is 5.02 Å². The minimum atomic E-state index is -0.868. The van der Waals surface area contributed by atoms with Gasteiger partial charge in [0.1, 0.15) is 11.4 Å². The van der Waals surface area contributed by atoms with Gasteiger partial charge >= 0.3 is 0 Å². The zero-order valence-corrected chi connectivity index (χ0v) is 11.8. The van der Waals surface area contributed by atoms with Crippen molar-refractivity contribution in [3.63, 3.8) is 0 Å². The number of benzene rings is 1. The van der Waals surface area contributed by atoms with E-state index in [9.17, 15) is 5.11 Å². The van der Waals surface area contributed by atoms with Crippen LogP contribution in [0.1, 0.15) is 25.0 Å². The van der Waals surface area contributed by atoms with Crippen LogP contribution in [0.5, 0.6) is 0 Å². The highest BCUT2D eigenvalue weighted by atomic mass is 35.5. The summed E-state index contributed by atoms with van der Waals surface area (Å²) >= 11 is 6.13. The molecular formula is C15H18ClNO2. The number of aliphatic hydroxyl groups is 1. The van der Waals surface area contributed by atoms with Crippen molar-refractivity contribution in [2.45, 2.75) is 24.9 Å². The van der Waals surface area contributed by atoms with E-state index in [2.05, 4.69) is 11.9 Å². The van der Waals surface area contributed by atoms with Gasteiger partial charge in [-0.05, 0) is 45.0 Å². The zero-order chi connectivity index (χ0) is 13.5. The molecule has 1 unspecified atom stereocenters. The third kappa shape index (κ3) is 2.38. The van der Waals surface area contributed by atoms with Crippen LogP contribution < -0.4 is 0 Å². The van der Waals surface area contributed by atoms with Gasteiger partial charge in [0.25, 0.3) is 0 Å². The number of fused-ring (bicyclic) bond motifs is 1. The topological polar surface area (TPSA) is 36.6 Å². The summed E-state index contributed by atoms with van der Waals surface area (Å²) < 4.78 is 5.83. The summed E-state index contributed by atoms with van der Waals surface area (Å²) in [5, 5.41) is 12.4. The Balaban J connectivity index is 2.00. The third-order valence-corrected chi connectivity index (χ3v) is 4.29. The molecule has 19 heavy (non-hydrogen) atoms. The number of halogens is 1. The Morgan fingerprint density at radius 1 is 1.32 bits per heavy atom. The van der Waals surface area contributed by atoms with E-state index in [0.717, 1.165) is 31.3 Å². The van der Waals surface area contributed by atoms with E-state index < -0.39 is 5.60 Å². The molecule has 1 saturated heterocycles. The highest BCUT2D eigenvalue weighted by Crippen LogP contribution is 2.37. The normalized spacial score (nSPS) is 25.6. The SMILES string of the molecule is CN1CCCC(O)(c2cc3cccc(Cl)c3o2)CC1. The standard InChI is InChI=1S/C15H18ClNO2/c1-17-8-3-6-15(18,7-9-17)13-10-11-4-2-5-12(16)14(11)19-13/h2,4-5,10,18H,3,6-9H2,1H3. The fraction of sp³-hybridized carbons (Fsp3) is 0.467. The number of furan rings is 1. The Morgan fingerprint density at radius 2 is 2.16 bits per heavy atom. The summed E-state index contributed by atoms with van der Waals surface area (Å²) in [7, 11) is 2.08. The number of hydrogen-bond donors (Lipinski definition) is 1. The molecule has 1 aliphatic rings. The van der Waals surface area contributed by atoms with Gasteiger partial charge in [0.15, 0.2) is 5.58 Å². The number of likely N-dealkylation sites (tertiary alicyclic amines) is 1. The predicted molar refractivity (Wildman–Crippen MR) is 76.5 cm³/mol. The fourth-order valence-electron chi connectivity index (χ4n) is 2.76. The van der Waals surface area contributed by atoms with Crippen LogP contribution in [-0.2, 0) is 5.60 Å². The van der Waals surface area contributed by atoms with Gasteiger partial charge in [0, 0.05) is 11.9 Å². The smallest absolute Gasteiger partial charge is 0.153 e. The average molecular weight is 280 g/mol. The molecule has 0 spiro atoms. The first kappa shape index (κ1) is 13.0. The highest BCUT2D eigenvalue weighted by Gasteiger charge is 2.34. The van der Waals surface area contributed by atoms with Crippen LogP contribution in [0.4, 0.5) is 0 Å². The average Bonchev–Trinajstić information content (AvgIpc) is 2.75. The van der Waals surface area contributed by atoms with Crippen molar-refractivity contribution in [2.24, 2.45) is 0 Å². The molecule has 1 atom stereocenters. The van der Waals surface area contributed by atoms with Crippen molar-refractivity contribution in [2.75, 3.05) is 20.1 Å². The van der Waals surface area contributed by atoms with Crippen molar-refractivity contribution in [1.29, 1.82) is 0 Å². The first-order valence-electron chi connectivity index (χ1n) is 6.68. The molecule has 102 valence electrons. The maximum absolute atomic E-state index is 10.9. The number of hydrogen-bond acceptors (Lipinski definition) is 3. The van der Waals surface area contributed by atoms with Crippen molar-refractivity contribution < 1.29 is 9.52 Å². The molecule has 1 aromatic heterocycles. The molecule has 0 aliphatic carbocycles. The summed E-state index contributed by atoms with van der Waals surface area (Å²) in [6, 6.07) is 7.59. The lowest BCUT2D eigenvalue weighted by molar-refractivity contribution is 0.00231. The van der Waals surface area contributed by atoms with Crippen LogP contribution in [0.25, 0.3) is 11.0 Å². The molecule has 0 radical (unpaired) electrons. The monoisotopic (exact) mass is 279 g/mol. The summed E-state index contributed by atoms with van der Waals surface area (Å²) in [4.78, 5) is 2.24. The second-order valence-corrected chi connectivity index (χ2v) is 5.86. The minimum Gasteiger partial charge on any atom is -0.456 e. The van der Waals surface area contributed by atoms with Crippen molar-refractivity contribution in [3.8, 4) is 0 Å². The van der Waals surface area contributed by atoms with Gasteiger partial charge in [0.05, 0.1) is 5.02 Å². The van der Waals surface area contributed by atoms with Crippen LogP contribution in [0.3, 0.4) is 0 Å². The second kappa shape index (κ2) is 4.82. The van der Waals surface area contributed by atoms with Gasteiger partial charge in [-0.1, -0.05) is 23.7 Å². The van der Waals surface area contributed by atoms with Gasteiger partial charge in [-0.15, -0.1) is 0 Å². The highest BCUT2D eigenvalue weighted by molar-refractivity contribution is 6.34. The van der Waals surface area contributed by atoms with Crippen LogP contribution in [-0.4, -0.2) is 30.1 Å². The van der Waals surface area contributed by atoms with Gasteiger partial charge in [-0.2, -0.15) is 0 Å². The van der Waals surface area contributed by atoms with Gasteiger partial charge in [0.2, 0.25) is 0 Å². The summed E-state index contributed by atoms with van der Waals surface area (Å²) in [5.74, 6) is 0.644. The molecule has 1 aliphatic heterocycles. The van der Waals surface area contributed by atoms with Crippen LogP contribution >= 0.6 is 11.6 Å². The number of rotatable bonds is 1. The molecule has 3 nitrogen and oxygen atoms in total. The second-order valence-electron chi connectivity index (χ2n) is 5.46. The maximum Gasteiger partial charge on any atom is 0.153 e. The maximum atomic E-state index is 10.9. The van der Waals surface area contributed by atoms with Crippen molar-refractivity contribution >= 4 is 22.6 Å². The molecule has 0 bridgehead atoms. The third-order valence-electron chi connectivity index (χ3n) is 3.99. The van der Waals surface area contributed by atoms with Gasteiger partial charge < -0.3 is 14.4 Å². The van der Waals surface area contributed by atoms with E-state index in [1.807, 2.05) is 24.3 Å². The van der Waals surface area contributed by atoms with E-state index in [0.29, 0.717) is 22.8 Å². The molecular weight excluding hydrogens is 262 g/mol. The lowest BCUT2D eigenvalue weighted by Gasteiger charge is -2.23. The van der Waals surface area contributed by atoms with Crippen molar-refractivity contribution in [3.05, 3.63) is 35.0 Å². The quantitative estimate of drug-likeness (QED) is 0.869. The summed E-state index contributed by atoms with van der Waals surface area (Å²) in [6.07, 6.45) is 2.40. The van der Waals surface area contributed by atoms with E-state index in [1.165, 1.54) is 0 Å². The Hall–Kier alpha value is -1.03. The van der Waals surface area contributed by atoms with E-state index >= 15 is 0 Å². The fourth-order valence-corrected chi connectivity index (χ4v) is 2.98. The first-order valence-corrected chi connectivity index (χ1v) is 7.06. The Kier molecular flexibility index (Phi) is 3.29. The molecule has 1 aromatic carbocycles. The molecule has 3 rings (SSSR count). The van der Waals surface area contributed by atoms with Gasteiger partial charge in [-0.25, -0.2) is 0 Å². The Bertz CT molecular complexity index is 595. The van der Waals surface area contributed by atoms with E-state index in [-0.39, 0.29) is 0 Å². The van der Waals surface area contributed by atoms with Gasteiger partial charge in [-0.3, -0.25) is 0 Å². The van der Waals surface area contributed by atoms with E-state index in [4.69, 9.17) is 16.0 Å². The minimum absolute atomic E-state index is 0.595. The molecule has 0 saturated carbocycles. The molecule has 4 heteroatoms. The van der Waals surface area contributed by atoms with Crippen LogP contribution in [0, 0.1) is 0 Å². The molecule has 0 amide bonds. The summed E-state index contributed by atoms with van der Waals surface area (Å²) in [5.41, 5.74) is -0.196. The molecule has 1 N–H and O–H groups in total. The first-order chi connectivity index (χ1) is 9.08.